The molecule has 8 heteroatoms. The number of nitrogens with zero attached hydrogens (tertiary/aromatic N) is 2. The highest BCUT2D eigenvalue weighted by atomic mass is 19.1. The Balaban J connectivity index is 1.51. The molecule has 0 spiro atoms. The number of morpholine rings is 1. The molecule has 1 N–H and O–H groups in total. The molecule has 0 aromatic heterocycles. The minimum atomic E-state index is -0.882. The summed E-state index contributed by atoms with van der Waals surface area (Å²) in [7, 11) is 1.59. The van der Waals surface area contributed by atoms with Gasteiger partial charge in [0.2, 0.25) is 0 Å². The molecule has 2 aliphatic heterocycles. The minimum Gasteiger partial charge on any atom is -0.507 e. The first kappa shape index (κ1) is 24.9. The van der Waals surface area contributed by atoms with E-state index in [0.29, 0.717) is 43.1 Å². The van der Waals surface area contributed by atoms with Gasteiger partial charge in [-0.3, -0.25) is 14.5 Å². The van der Waals surface area contributed by atoms with E-state index >= 15 is 0 Å². The summed E-state index contributed by atoms with van der Waals surface area (Å²) in [6.45, 7) is 4.03. The number of fused-ring (bicyclic) bond motifs is 1. The van der Waals surface area contributed by atoms with Gasteiger partial charge < -0.3 is 19.5 Å². The summed E-state index contributed by atoms with van der Waals surface area (Å²) < 4.78 is 24.9. The van der Waals surface area contributed by atoms with E-state index in [4.69, 9.17) is 9.47 Å². The monoisotopic (exact) mass is 504 g/mol. The second kappa shape index (κ2) is 10.7. The van der Waals surface area contributed by atoms with E-state index in [0.717, 1.165) is 30.4 Å². The second-order valence-corrected chi connectivity index (χ2v) is 9.28. The SMILES string of the molecule is COc1ccc2cc(/C(O)=C3\C(=O)C(=O)N(CCCN4CCOCC4)C3c3cccc(F)c3)ccc2c1. The van der Waals surface area contributed by atoms with Gasteiger partial charge in [-0.15, -0.1) is 0 Å². The molecule has 0 bridgehead atoms. The number of amides is 1. The van der Waals surface area contributed by atoms with E-state index < -0.39 is 23.5 Å². The number of carbonyl (C=O) groups is 2. The van der Waals surface area contributed by atoms with Crippen LogP contribution in [0.2, 0.25) is 0 Å². The first-order valence-corrected chi connectivity index (χ1v) is 12.4. The average molecular weight is 505 g/mol. The Hall–Kier alpha value is -3.75. The van der Waals surface area contributed by atoms with Crippen LogP contribution < -0.4 is 4.74 Å². The van der Waals surface area contributed by atoms with Crippen LogP contribution in [0.3, 0.4) is 0 Å². The molecule has 37 heavy (non-hydrogen) atoms. The molecule has 5 rings (SSSR count). The Kier molecular flexibility index (Phi) is 7.21. The van der Waals surface area contributed by atoms with Gasteiger partial charge in [-0.05, 0) is 53.1 Å². The molecule has 192 valence electrons. The normalized spacial score (nSPS) is 20.1. The van der Waals surface area contributed by atoms with Crippen molar-refractivity contribution in [2.45, 2.75) is 12.5 Å². The fraction of sp³-hybridized carbons (Fsp3) is 0.310. The minimum absolute atomic E-state index is 0.0326. The Labute approximate surface area is 214 Å². The van der Waals surface area contributed by atoms with Gasteiger partial charge in [0.05, 0.1) is 31.9 Å². The molecule has 1 atom stereocenters. The highest BCUT2D eigenvalue weighted by Gasteiger charge is 2.46. The molecule has 2 heterocycles. The molecule has 0 radical (unpaired) electrons. The van der Waals surface area contributed by atoms with Crippen molar-refractivity contribution in [3.8, 4) is 5.75 Å². The number of hydrogen-bond acceptors (Lipinski definition) is 6. The summed E-state index contributed by atoms with van der Waals surface area (Å²) in [5, 5.41) is 13.1. The van der Waals surface area contributed by atoms with Gasteiger partial charge in [-0.1, -0.05) is 30.3 Å². The molecular weight excluding hydrogens is 475 g/mol. The number of hydrogen-bond donors (Lipinski definition) is 1. The predicted molar refractivity (Wildman–Crippen MR) is 138 cm³/mol. The van der Waals surface area contributed by atoms with Crippen molar-refractivity contribution >= 4 is 28.2 Å². The smallest absolute Gasteiger partial charge is 0.295 e. The number of carbonyl (C=O) groups excluding carboxylic acids is 2. The van der Waals surface area contributed by atoms with Crippen molar-refractivity contribution in [1.29, 1.82) is 0 Å². The largest absolute Gasteiger partial charge is 0.507 e. The first-order valence-electron chi connectivity index (χ1n) is 12.4. The highest BCUT2D eigenvalue weighted by molar-refractivity contribution is 6.46. The van der Waals surface area contributed by atoms with Crippen molar-refractivity contribution in [2.24, 2.45) is 0 Å². The fourth-order valence-electron chi connectivity index (χ4n) is 5.08. The lowest BCUT2D eigenvalue weighted by Gasteiger charge is -2.29. The lowest BCUT2D eigenvalue weighted by molar-refractivity contribution is -0.140. The zero-order chi connectivity index (χ0) is 25.9. The molecule has 3 aromatic rings. The third-order valence-corrected chi connectivity index (χ3v) is 7.00. The van der Waals surface area contributed by atoms with Gasteiger partial charge in [-0.25, -0.2) is 4.39 Å². The van der Waals surface area contributed by atoms with Crippen molar-refractivity contribution in [1.82, 2.24) is 9.80 Å². The summed E-state index contributed by atoms with van der Waals surface area (Å²) in [4.78, 5) is 30.1. The zero-order valence-corrected chi connectivity index (χ0v) is 20.7. The number of Topliss-reactive ketones (excluding diaryl/α,β-unsaturated/α-hetero) is 1. The van der Waals surface area contributed by atoms with Crippen LogP contribution in [-0.4, -0.2) is 73.1 Å². The third kappa shape index (κ3) is 5.08. The highest BCUT2D eigenvalue weighted by Crippen LogP contribution is 2.40. The van der Waals surface area contributed by atoms with E-state index in [1.165, 1.54) is 17.0 Å². The summed E-state index contributed by atoms with van der Waals surface area (Å²) in [5.74, 6) is -1.51. The summed E-state index contributed by atoms with van der Waals surface area (Å²) in [6.07, 6.45) is 0.636. The maximum Gasteiger partial charge on any atom is 0.295 e. The lowest BCUT2D eigenvalue weighted by atomic mass is 9.94. The number of methoxy groups -OCH3 is 1. The topological polar surface area (TPSA) is 79.3 Å². The number of aliphatic hydroxyl groups excluding tert-OH is 1. The number of halogens is 1. The molecule has 3 aromatic carbocycles. The van der Waals surface area contributed by atoms with Crippen LogP contribution in [0.5, 0.6) is 5.75 Å². The standard InChI is InChI=1S/C29H29FN2O5/c1-36-24-9-8-19-16-22(7-6-20(19)18-24)27(33)25-26(21-4-2-5-23(30)17-21)32(29(35)28(25)34)11-3-10-31-12-14-37-15-13-31/h2,4-9,16-18,26,33H,3,10-15H2,1H3/b27-25+. The van der Waals surface area contributed by atoms with E-state index in [1.54, 1.807) is 31.4 Å². The van der Waals surface area contributed by atoms with Crippen molar-refractivity contribution < 1.29 is 28.6 Å². The van der Waals surface area contributed by atoms with Crippen LogP contribution in [0.4, 0.5) is 4.39 Å². The molecule has 0 aliphatic carbocycles. The van der Waals surface area contributed by atoms with Crippen LogP contribution in [0.1, 0.15) is 23.6 Å². The van der Waals surface area contributed by atoms with Gasteiger partial charge in [-0.2, -0.15) is 0 Å². The Bertz CT molecular complexity index is 1370. The quantitative estimate of drug-likeness (QED) is 0.296. The van der Waals surface area contributed by atoms with Gasteiger partial charge >= 0.3 is 0 Å². The maximum absolute atomic E-state index is 14.2. The molecule has 2 saturated heterocycles. The number of ether oxygens (including phenoxy) is 2. The Morgan fingerprint density at radius 1 is 1.03 bits per heavy atom. The van der Waals surface area contributed by atoms with E-state index in [1.807, 2.05) is 24.3 Å². The van der Waals surface area contributed by atoms with Gasteiger partial charge in [0.1, 0.15) is 17.3 Å². The molecule has 2 aliphatic rings. The van der Waals surface area contributed by atoms with Crippen LogP contribution in [0, 0.1) is 5.82 Å². The first-order chi connectivity index (χ1) is 18.0. The van der Waals surface area contributed by atoms with E-state index in [-0.39, 0.29) is 11.3 Å². The van der Waals surface area contributed by atoms with Gasteiger partial charge in [0.25, 0.3) is 11.7 Å². The second-order valence-electron chi connectivity index (χ2n) is 9.28. The number of rotatable bonds is 7. The van der Waals surface area contributed by atoms with Gasteiger partial charge in [0.15, 0.2) is 0 Å². The zero-order valence-electron chi connectivity index (χ0n) is 20.7. The molecule has 1 amide bonds. The van der Waals surface area contributed by atoms with Crippen molar-refractivity contribution in [3.05, 3.63) is 83.2 Å². The summed E-state index contributed by atoms with van der Waals surface area (Å²) in [6, 6.07) is 15.8. The molecular formula is C29H29FN2O5. The summed E-state index contributed by atoms with van der Waals surface area (Å²) in [5.41, 5.74) is 0.817. The predicted octanol–water partition coefficient (Wildman–Crippen LogP) is 4.13. The number of aliphatic hydroxyl groups is 1. The third-order valence-electron chi connectivity index (χ3n) is 7.00. The van der Waals surface area contributed by atoms with Crippen molar-refractivity contribution in [2.75, 3.05) is 46.5 Å². The number of likely N-dealkylation sites (tertiary alicyclic amines) is 1. The van der Waals surface area contributed by atoms with Crippen LogP contribution in [0.25, 0.3) is 16.5 Å². The Morgan fingerprint density at radius 3 is 2.54 bits per heavy atom. The van der Waals surface area contributed by atoms with Crippen LogP contribution in [0.15, 0.2) is 66.2 Å². The fourth-order valence-corrected chi connectivity index (χ4v) is 5.08. The van der Waals surface area contributed by atoms with E-state index in [2.05, 4.69) is 4.90 Å². The van der Waals surface area contributed by atoms with E-state index in [9.17, 15) is 19.1 Å². The molecule has 0 saturated carbocycles. The summed E-state index contributed by atoms with van der Waals surface area (Å²) >= 11 is 0. The lowest BCUT2D eigenvalue weighted by Crippen LogP contribution is -2.39. The van der Waals surface area contributed by atoms with Gasteiger partial charge in [0, 0.05) is 31.7 Å². The molecule has 7 nitrogen and oxygen atoms in total. The average Bonchev–Trinajstić information content (AvgIpc) is 3.17. The maximum atomic E-state index is 14.2. The Morgan fingerprint density at radius 2 is 1.78 bits per heavy atom. The number of benzene rings is 3. The molecule has 1 unspecified atom stereocenters. The molecule has 2 fully saturated rings. The van der Waals surface area contributed by atoms with Crippen molar-refractivity contribution in [3.63, 3.8) is 0 Å². The number of ketones is 1. The van der Waals surface area contributed by atoms with Crippen LogP contribution >= 0.6 is 0 Å². The van der Waals surface area contributed by atoms with Crippen LogP contribution in [-0.2, 0) is 14.3 Å².